The molecule has 0 unspecified atom stereocenters. The second kappa shape index (κ2) is 10.9. The summed E-state index contributed by atoms with van der Waals surface area (Å²) in [5, 5.41) is 25.2. The van der Waals surface area contributed by atoms with Crippen LogP contribution < -0.4 is 0 Å². The molecule has 4 nitrogen and oxygen atoms in total. The van der Waals surface area contributed by atoms with Crippen molar-refractivity contribution in [1.29, 1.82) is 10.5 Å². The Morgan fingerprint density at radius 2 is 0.896 bits per heavy atom. The molecular formula is C44H26N4. The predicted octanol–water partition coefficient (Wildman–Crippen LogP) is 11.0. The van der Waals surface area contributed by atoms with Gasteiger partial charge in [0.2, 0.25) is 0 Å². The van der Waals surface area contributed by atoms with Crippen molar-refractivity contribution >= 4 is 43.6 Å². The van der Waals surface area contributed by atoms with Gasteiger partial charge in [-0.2, -0.15) is 10.5 Å². The van der Waals surface area contributed by atoms with Crippen LogP contribution in [0.2, 0.25) is 0 Å². The highest BCUT2D eigenvalue weighted by Gasteiger charge is 2.20. The van der Waals surface area contributed by atoms with Gasteiger partial charge in [0.1, 0.15) is 0 Å². The van der Waals surface area contributed by atoms with Crippen molar-refractivity contribution in [2.45, 2.75) is 0 Å². The highest BCUT2D eigenvalue weighted by Crippen LogP contribution is 2.42. The molecule has 222 valence electrons. The number of benzene rings is 7. The molecular weight excluding hydrogens is 585 g/mol. The highest BCUT2D eigenvalue weighted by molar-refractivity contribution is 6.11. The topological polar surface area (TPSA) is 57.4 Å². The van der Waals surface area contributed by atoms with Crippen LogP contribution in [0.15, 0.2) is 158 Å². The summed E-state index contributed by atoms with van der Waals surface area (Å²) in [7, 11) is 0. The molecule has 48 heavy (non-hydrogen) atoms. The predicted molar refractivity (Wildman–Crippen MR) is 195 cm³/mol. The van der Waals surface area contributed by atoms with E-state index in [1.54, 1.807) is 0 Å². The van der Waals surface area contributed by atoms with E-state index >= 15 is 0 Å². The number of hydrogen-bond donors (Lipinski definition) is 0. The first-order chi connectivity index (χ1) is 23.7. The summed E-state index contributed by atoms with van der Waals surface area (Å²) in [5.41, 5.74) is 11.1. The van der Waals surface area contributed by atoms with Gasteiger partial charge < -0.3 is 9.13 Å². The summed E-state index contributed by atoms with van der Waals surface area (Å²) in [5.74, 6) is 0. The quantitative estimate of drug-likeness (QED) is 0.199. The number of rotatable bonds is 4. The fourth-order valence-corrected chi connectivity index (χ4v) is 7.34. The average Bonchev–Trinajstić information content (AvgIpc) is 3.67. The number of hydrogen-bond acceptors (Lipinski definition) is 2. The Balaban J connectivity index is 1.33. The molecule has 0 fully saturated rings. The summed E-state index contributed by atoms with van der Waals surface area (Å²) in [6.45, 7) is 0. The molecule has 9 rings (SSSR count). The molecule has 0 saturated heterocycles. The Hall–Kier alpha value is -6.88. The van der Waals surface area contributed by atoms with E-state index in [1.807, 2.05) is 36.4 Å². The molecule has 0 bridgehead atoms. The Bertz CT molecular complexity index is 2710. The molecule has 9 aromatic rings. The van der Waals surface area contributed by atoms with Crippen LogP contribution in [-0.2, 0) is 0 Å². The molecule has 0 aliphatic carbocycles. The van der Waals surface area contributed by atoms with E-state index in [9.17, 15) is 10.5 Å². The fourth-order valence-electron chi connectivity index (χ4n) is 7.34. The lowest BCUT2D eigenvalue weighted by Gasteiger charge is -2.18. The van der Waals surface area contributed by atoms with Crippen LogP contribution in [-0.4, -0.2) is 9.13 Å². The summed E-state index contributed by atoms with van der Waals surface area (Å²) < 4.78 is 4.58. The number of aromatic nitrogens is 2. The van der Waals surface area contributed by atoms with Gasteiger partial charge in [0.15, 0.2) is 0 Å². The first-order valence-corrected chi connectivity index (χ1v) is 15.9. The fraction of sp³-hybridized carbons (Fsp3) is 0. The Kier molecular flexibility index (Phi) is 6.22. The third-order valence-corrected chi connectivity index (χ3v) is 9.42. The van der Waals surface area contributed by atoms with E-state index in [4.69, 9.17) is 0 Å². The molecule has 0 aliphatic heterocycles. The summed E-state index contributed by atoms with van der Waals surface area (Å²) in [4.78, 5) is 0. The van der Waals surface area contributed by atoms with Crippen molar-refractivity contribution in [3.05, 3.63) is 169 Å². The highest BCUT2D eigenvalue weighted by atomic mass is 15.0. The lowest BCUT2D eigenvalue weighted by atomic mass is 9.89. The normalized spacial score (nSPS) is 11.3. The third-order valence-electron chi connectivity index (χ3n) is 9.42. The van der Waals surface area contributed by atoms with Gasteiger partial charge in [-0.25, -0.2) is 0 Å². The van der Waals surface area contributed by atoms with Gasteiger partial charge in [-0.1, -0.05) is 97.1 Å². The second-order valence-corrected chi connectivity index (χ2v) is 12.0. The minimum atomic E-state index is 0.558. The SMILES string of the molecule is N#Cc1ccc(-c2cc(-n3c4ccccc4c4ccccc43)ccc2C#N)c(-c2ccccc2-n2c3ccccc3c3ccccc32)c1. The Morgan fingerprint density at radius 1 is 0.375 bits per heavy atom. The van der Waals surface area contributed by atoms with Gasteiger partial charge in [-0.05, 0) is 71.8 Å². The van der Waals surface area contributed by atoms with E-state index in [2.05, 4.69) is 143 Å². The molecule has 0 spiro atoms. The van der Waals surface area contributed by atoms with E-state index in [0.717, 1.165) is 55.7 Å². The monoisotopic (exact) mass is 610 g/mol. The zero-order chi connectivity index (χ0) is 32.2. The van der Waals surface area contributed by atoms with Crippen molar-refractivity contribution < 1.29 is 0 Å². The van der Waals surface area contributed by atoms with E-state index in [1.165, 1.54) is 21.5 Å². The zero-order valence-corrected chi connectivity index (χ0v) is 25.8. The molecule has 0 atom stereocenters. The first kappa shape index (κ1) is 27.4. The van der Waals surface area contributed by atoms with E-state index in [-0.39, 0.29) is 0 Å². The maximum Gasteiger partial charge on any atom is 0.0998 e. The van der Waals surface area contributed by atoms with Crippen LogP contribution in [0.3, 0.4) is 0 Å². The molecule has 0 N–H and O–H groups in total. The van der Waals surface area contributed by atoms with Gasteiger partial charge in [0, 0.05) is 38.4 Å². The maximum absolute atomic E-state index is 10.4. The van der Waals surface area contributed by atoms with Crippen LogP contribution in [0.1, 0.15) is 11.1 Å². The summed E-state index contributed by atoms with van der Waals surface area (Å²) in [6, 6.07) is 58.8. The lowest BCUT2D eigenvalue weighted by Crippen LogP contribution is -2.00. The summed E-state index contributed by atoms with van der Waals surface area (Å²) >= 11 is 0. The molecule has 0 amide bonds. The number of para-hydroxylation sites is 5. The zero-order valence-electron chi connectivity index (χ0n) is 25.8. The maximum atomic E-state index is 10.4. The smallest absolute Gasteiger partial charge is 0.0998 e. The number of nitrogens with zero attached hydrogens (tertiary/aromatic N) is 4. The molecule has 2 heterocycles. The minimum Gasteiger partial charge on any atom is -0.309 e. The van der Waals surface area contributed by atoms with Crippen molar-refractivity contribution in [3.8, 4) is 45.8 Å². The molecule has 0 radical (unpaired) electrons. The van der Waals surface area contributed by atoms with Crippen molar-refractivity contribution in [2.75, 3.05) is 0 Å². The Morgan fingerprint density at radius 3 is 1.46 bits per heavy atom. The average molecular weight is 611 g/mol. The van der Waals surface area contributed by atoms with Crippen LogP contribution in [0, 0.1) is 22.7 Å². The largest absolute Gasteiger partial charge is 0.309 e. The van der Waals surface area contributed by atoms with Gasteiger partial charge in [-0.15, -0.1) is 0 Å². The van der Waals surface area contributed by atoms with Gasteiger partial charge in [0.05, 0.1) is 51.0 Å². The third kappa shape index (κ3) is 4.07. The molecule has 4 heteroatoms. The van der Waals surface area contributed by atoms with Crippen molar-refractivity contribution in [2.24, 2.45) is 0 Å². The van der Waals surface area contributed by atoms with Crippen molar-refractivity contribution in [3.63, 3.8) is 0 Å². The minimum absolute atomic E-state index is 0.558. The van der Waals surface area contributed by atoms with Crippen LogP contribution in [0.25, 0.3) is 77.2 Å². The molecule has 2 aromatic heterocycles. The van der Waals surface area contributed by atoms with Crippen LogP contribution in [0.4, 0.5) is 0 Å². The van der Waals surface area contributed by atoms with Crippen LogP contribution in [0.5, 0.6) is 0 Å². The standard InChI is InChI=1S/C44H26N4/c45-27-29-21-24-32(38-26-31(23-22-30(38)28-46)47-40-16-6-1-11-33(40)34-12-2-7-17-41(34)47)39(25-29)37-15-5-10-20-44(37)48-42-18-8-3-13-35(42)36-14-4-9-19-43(36)48/h1-26H. The first-order valence-electron chi connectivity index (χ1n) is 15.9. The molecule has 0 aliphatic rings. The summed E-state index contributed by atoms with van der Waals surface area (Å²) in [6.07, 6.45) is 0. The van der Waals surface area contributed by atoms with Gasteiger partial charge >= 0.3 is 0 Å². The Labute approximate surface area is 277 Å². The van der Waals surface area contributed by atoms with Crippen LogP contribution >= 0.6 is 0 Å². The van der Waals surface area contributed by atoms with E-state index in [0.29, 0.717) is 11.1 Å². The molecule has 0 saturated carbocycles. The van der Waals surface area contributed by atoms with E-state index < -0.39 is 0 Å². The van der Waals surface area contributed by atoms with Gasteiger partial charge in [-0.3, -0.25) is 0 Å². The van der Waals surface area contributed by atoms with Gasteiger partial charge in [0.25, 0.3) is 0 Å². The molecule has 7 aromatic carbocycles. The number of nitriles is 2. The second-order valence-electron chi connectivity index (χ2n) is 12.0. The number of fused-ring (bicyclic) bond motifs is 6. The van der Waals surface area contributed by atoms with Crippen molar-refractivity contribution in [1.82, 2.24) is 9.13 Å². The lowest BCUT2D eigenvalue weighted by molar-refractivity contribution is 1.18.